The lowest BCUT2D eigenvalue weighted by molar-refractivity contribution is -0.150. The number of amides is 2. The van der Waals surface area contributed by atoms with Gasteiger partial charge >= 0.3 is 12.0 Å². The molecule has 2 aliphatic rings. The molecule has 21 heavy (non-hydrogen) atoms. The largest absolute Gasteiger partial charge is 0.481 e. The number of urea groups is 1. The first kappa shape index (κ1) is 16.1. The summed E-state index contributed by atoms with van der Waals surface area (Å²) in [5.41, 5.74) is -0.771. The number of rotatable bonds is 6. The molecular weight excluding hydrogens is 268 g/mol. The molecule has 2 rings (SSSR count). The fourth-order valence-electron chi connectivity index (χ4n) is 3.24. The normalized spacial score (nSPS) is 25.4. The van der Waals surface area contributed by atoms with Crippen LogP contribution < -0.4 is 0 Å². The Morgan fingerprint density at radius 3 is 2.48 bits per heavy atom. The summed E-state index contributed by atoms with van der Waals surface area (Å²) in [6, 6.07) is 0.0347. The zero-order valence-electron chi connectivity index (χ0n) is 13.5. The van der Waals surface area contributed by atoms with Crippen molar-refractivity contribution in [1.29, 1.82) is 0 Å². The van der Waals surface area contributed by atoms with Crippen LogP contribution in [0.1, 0.15) is 46.5 Å². The van der Waals surface area contributed by atoms with Gasteiger partial charge in [-0.3, -0.25) is 4.79 Å². The molecule has 1 aliphatic carbocycles. The first-order valence-electron chi connectivity index (χ1n) is 8.18. The summed E-state index contributed by atoms with van der Waals surface area (Å²) >= 11 is 0. The molecule has 1 unspecified atom stereocenters. The van der Waals surface area contributed by atoms with Crippen LogP contribution in [-0.4, -0.2) is 53.1 Å². The molecule has 5 heteroatoms. The smallest absolute Gasteiger partial charge is 0.320 e. The number of carboxylic acids is 1. The molecule has 2 fully saturated rings. The predicted molar refractivity (Wildman–Crippen MR) is 81.1 cm³/mol. The van der Waals surface area contributed by atoms with Crippen molar-refractivity contribution in [3.8, 4) is 0 Å². The summed E-state index contributed by atoms with van der Waals surface area (Å²) in [6.45, 7) is 8.48. The van der Waals surface area contributed by atoms with Gasteiger partial charge in [-0.1, -0.05) is 20.8 Å². The standard InChI is InChI=1S/C16H28N2O3/c1-4-8-17(10-13-5-6-13)15(21)18-9-7-16(11-18,12(2)3)14(19)20/h12-13H,4-11H2,1-3H3,(H,19,20). The lowest BCUT2D eigenvalue weighted by atomic mass is 9.76. The van der Waals surface area contributed by atoms with Crippen LogP contribution in [0.15, 0.2) is 0 Å². The fraction of sp³-hybridized carbons (Fsp3) is 0.875. The topological polar surface area (TPSA) is 60.9 Å². The molecule has 1 aliphatic heterocycles. The van der Waals surface area contributed by atoms with E-state index in [4.69, 9.17) is 0 Å². The van der Waals surface area contributed by atoms with E-state index in [9.17, 15) is 14.7 Å². The second-order valence-electron chi connectivity index (χ2n) is 6.96. The maximum Gasteiger partial charge on any atom is 0.320 e. The van der Waals surface area contributed by atoms with Gasteiger partial charge in [0.1, 0.15) is 0 Å². The highest BCUT2D eigenvalue weighted by Gasteiger charge is 2.49. The van der Waals surface area contributed by atoms with Gasteiger partial charge in [0.05, 0.1) is 5.41 Å². The van der Waals surface area contributed by atoms with Crippen molar-refractivity contribution in [2.24, 2.45) is 17.3 Å². The average Bonchev–Trinajstić information content (AvgIpc) is 3.11. The van der Waals surface area contributed by atoms with E-state index >= 15 is 0 Å². The third-order valence-corrected chi connectivity index (χ3v) is 5.04. The van der Waals surface area contributed by atoms with Gasteiger partial charge in [-0.05, 0) is 37.5 Å². The van der Waals surface area contributed by atoms with E-state index in [1.165, 1.54) is 12.8 Å². The van der Waals surface area contributed by atoms with Gasteiger partial charge in [0, 0.05) is 26.2 Å². The second kappa shape index (κ2) is 6.24. The van der Waals surface area contributed by atoms with Crippen LogP contribution in [0.25, 0.3) is 0 Å². The van der Waals surface area contributed by atoms with Crippen LogP contribution in [0, 0.1) is 17.3 Å². The fourth-order valence-corrected chi connectivity index (χ4v) is 3.24. The number of carbonyl (C=O) groups is 2. The number of hydrogen-bond acceptors (Lipinski definition) is 2. The molecule has 1 saturated carbocycles. The van der Waals surface area contributed by atoms with E-state index in [0.29, 0.717) is 25.4 Å². The molecule has 1 atom stereocenters. The summed E-state index contributed by atoms with van der Waals surface area (Å²) in [4.78, 5) is 28.0. The number of nitrogens with zero attached hydrogens (tertiary/aromatic N) is 2. The molecule has 0 spiro atoms. The van der Waals surface area contributed by atoms with Gasteiger partial charge in [0.25, 0.3) is 0 Å². The van der Waals surface area contributed by atoms with Crippen LogP contribution in [-0.2, 0) is 4.79 Å². The lowest BCUT2D eigenvalue weighted by Crippen LogP contribution is -2.46. The minimum absolute atomic E-state index is 0.0347. The van der Waals surface area contributed by atoms with Crippen LogP contribution in [0.4, 0.5) is 4.79 Å². The van der Waals surface area contributed by atoms with E-state index in [-0.39, 0.29) is 11.9 Å². The highest BCUT2D eigenvalue weighted by Crippen LogP contribution is 2.39. The summed E-state index contributed by atoms with van der Waals surface area (Å²) in [7, 11) is 0. The van der Waals surface area contributed by atoms with Gasteiger partial charge in [0.2, 0.25) is 0 Å². The minimum Gasteiger partial charge on any atom is -0.481 e. The van der Waals surface area contributed by atoms with Gasteiger partial charge in [-0.25, -0.2) is 4.79 Å². The van der Waals surface area contributed by atoms with Gasteiger partial charge in [-0.15, -0.1) is 0 Å². The van der Waals surface area contributed by atoms with E-state index < -0.39 is 11.4 Å². The first-order chi connectivity index (χ1) is 9.90. The Labute approximate surface area is 127 Å². The molecule has 2 amide bonds. The Kier molecular flexibility index (Phi) is 4.79. The van der Waals surface area contributed by atoms with Crippen molar-refractivity contribution in [2.75, 3.05) is 26.2 Å². The molecule has 1 N–H and O–H groups in total. The Morgan fingerprint density at radius 2 is 2.05 bits per heavy atom. The van der Waals surface area contributed by atoms with Gasteiger partial charge < -0.3 is 14.9 Å². The molecule has 120 valence electrons. The maximum absolute atomic E-state index is 12.7. The Balaban J connectivity index is 2.03. The summed E-state index contributed by atoms with van der Waals surface area (Å²) in [5.74, 6) is -0.0645. The van der Waals surface area contributed by atoms with Crippen molar-refractivity contribution in [3.63, 3.8) is 0 Å². The zero-order valence-corrected chi connectivity index (χ0v) is 13.5. The first-order valence-corrected chi connectivity index (χ1v) is 8.18. The molecule has 0 aromatic carbocycles. The van der Waals surface area contributed by atoms with Crippen LogP contribution >= 0.6 is 0 Å². The lowest BCUT2D eigenvalue weighted by Gasteiger charge is -2.31. The Hall–Kier alpha value is -1.26. The molecule has 0 radical (unpaired) electrons. The Bertz CT molecular complexity index is 406. The van der Waals surface area contributed by atoms with Crippen molar-refractivity contribution < 1.29 is 14.7 Å². The number of carbonyl (C=O) groups excluding carboxylic acids is 1. The maximum atomic E-state index is 12.7. The number of hydrogen-bond donors (Lipinski definition) is 1. The van der Waals surface area contributed by atoms with Crippen LogP contribution in [0.3, 0.4) is 0 Å². The summed E-state index contributed by atoms with van der Waals surface area (Å²) in [5, 5.41) is 9.58. The molecule has 0 aromatic heterocycles. The summed E-state index contributed by atoms with van der Waals surface area (Å²) < 4.78 is 0. The molecule has 0 bridgehead atoms. The van der Waals surface area contributed by atoms with Gasteiger partial charge in [-0.2, -0.15) is 0 Å². The average molecular weight is 296 g/mol. The molecule has 5 nitrogen and oxygen atoms in total. The summed E-state index contributed by atoms with van der Waals surface area (Å²) in [6.07, 6.45) is 3.95. The van der Waals surface area contributed by atoms with E-state index in [0.717, 1.165) is 19.5 Å². The van der Waals surface area contributed by atoms with Crippen molar-refractivity contribution in [2.45, 2.75) is 46.5 Å². The van der Waals surface area contributed by atoms with Crippen molar-refractivity contribution in [1.82, 2.24) is 9.80 Å². The zero-order chi connectivity index (χ0) is 15.6. The molecule has 1 heterocycles. The highest BCUT2D eigenvalue weighted by molar-refractivity contribution is 5.80. The van der Waals surface area contributed by atoms with Crippen molar-refractivity contribution >= 4 is 12.0 Å². The number of aliphatic carboxylic acids is 1. The molecular formula is C16H28N2O3. The third kappa shape index (κ3) is 3.33. The molecule has 1 saturated heterocycles. The van der Waals surface area contributed by atoms with E-state index in [2.05, 4.69) is 6.92 Å². The second-order valence-corrected chi connectivity index (χ2v) is 6.96. The number of likely N-dealkylation sites (tertiary alicyclic amines) is 1. The quantitative estimate of drug-likeness (QED) is 0.819. The molecule has 0 aromatic rings. The van der Waals surface area contributed by atoms with Crippen LogP contribution in [0.2, 0.25) is 0 Å². The minimum atomic E-state index is -0.771. The third-order valence-electron chi connectivity index (χ3n) is 5.04. The van der Waals surface area contributed by atoms with Crippen molar-refractivity contribution in [3.05, 3.63) is 0 Å². The number of carboxylic acid groups (broad SMARTS) is 1. The monoisotopic (exact) mass is 296 g/mol. The highest BCUT2D eigenvalue weighted by atomic mass is 16.4. The van der Waals surface area contributed by atoms with E-state index in [1.807, 2.05) is 18.7 Å². The SMILES string of the molecule is CCCN(CC1CC1)C(=O)N1CCC(C(=O)O)(C(C)C)C1. The van der Waals surface area contributed by atoms with Gasteiger partial charge in [0.15, 0.2) is 0 Å². The predicted octanol–water partition coefficient (Wildman–Crippen LogP) is 2.66. The Morgan fingerprint density at radius 1 is 1.38 bits per heavy atom. The van der Waals surface area contributed by atoms with Crippen LogP contribution in [0.5, 0.6) is 0 Å². The van der Waals surface area contributed by atoms with E-state index in [1.54, 1.807) is 4.90 Å².